The van der Waals surface area contributed by atoms with Crippen molar-refractivity contribution in [2.45, 2.75) is 26.3 Å². The lowest BCUT2D eigenvalue weighted by molar-refractivity contribution is 0.316. The van der Waals surface area contributed by atoms with Gasteiger partial charge in [-0.3, -0.25) is 4.98 Å². The quantitative estimate of drug-likeness (QED) is 0.873. The molecule has 0 aliphatic rings. The first-order valence-corrected chi connectivity index (χ1v) is 7.20. The molecule has 0 aliphatic heterocycles. The minimum absolute atomic E-state index is 0.126. The molecule has 0 fully saturated rings. The van der Waals surface area contributed by atoms with Crippen LogP contribution in [-0.4, -0.2) is 18.6 Å². The Balaban J connectivity index is 2.42. The summed E-state index contributed by atoms with van der Waals surface area (Å²) in [6, 6.07) is 6.87. The van der Waals surface area contributed by atoms with Gasteiger partial charge in [0, 0.05) is 17.8 Å². The zero-order valence-electron chi connectivity index (χ0n) is 12.7. The van der Waals surface area contributed by atoms with Gasteiger partial charge in [-0.25, -0.2) is 4.39 Å². The topological polar surface area (TPSA) is 34.1 Å². The fraction of sp³-hybridized carbons (Fsp3) is 0.353. The van der Waals surface area contributed by atoms with Crippen molar-refractivity contribution in [1.82, 2.24) is 10.3 Å². The van der Waals surface area contributed by atoms with Crippen LogP contribution in [0.5, 0.6) is 5.75 Å². The van der Waals surface area contributed by atoms with Crippen molar-refractivity contribution in [3.8, 4) is 16.9 Å². The summed E-state index contributed by atoms with van der Waals surface area (Å²) >= 11 is 0. The predicted octanol–water partition coefficient (Wildman–Crippen LogP) is 3.96. The van der Waals surface area contributed by atoms with Crippen molar-refractivity contribution in [3.63, 3.8) is 0 Å². The van der Waals surface area contributed by atoms with Gasteiger partial charge in [0.25, 0.3) is 0 Å². The molecule has 1 unspecified atom stereocenters. The molecule has 4 heteroatoms. The molecule has 0 spiro atoms. The van der Waals surface area contributed by atoms with Gasteiger partial charge in [-0.05, 0) is 49.7 Å². The maximum atomic E-state index is 13.6. The Morgan fingerprint density at radius 3 is 2.81 bits per heavy atom. The summed E-state index contributed by atoms with van der Waals surface area (Å²) in [4.78, 5) is 4.20. The monoisotopic (exact) mass is 288 g/mol. The number of hydrogen-bond acceptors (Lipinski definition) is 3. The Hall–Kier alpha value is -1.94. The summed E-state index contributed by atoms with van der Waals surface area (Å²) < 4.78 is 19.2. The Morgan fingerprint density at radius 2 is 2.10 bits per heavy atom. The molecule has 1 heterocycles. The van der Waals surface area contributed by atoms with Crippen LogP contribution in [0.25, 0.3) is 11.1 Å². The van der Waals surface area contributed by atoms with Crippen LogP contribution in [0.1, 0.15) is 31.9 Å². The second kappa shape index (κ2) is 7.18. The van der Waals surface area contributed by atoms with Crippen molar-refractivity contribution < 1.29 is 9.13 Å². The standard InChI is InChI=1S/C17H21FN2O/c1-4-7-21-15-8-13(10-20-11-15)17-9-14(18)5-6-16(17)12(2)19-3/h5-6,8-12,19H,4,7H2,1-3H3. The van der Waals surface area contributed by atoms with E-state index in [1.165, 1.54) is 6.07 Å². The van der Waals surface area contributed by atoms with Crippen LogP contribution < -0.4 is 10.1 Å². The lowest BCUT2D eigenvalue weighted by Gasteiger charge is -2.16. The van der Waals surface area contributed by atoms with Crippen molar-refractivity contribution in [3.05, 3.63) is 48.0 Å². The van der Waals surface area contributed by atoms with E-state index in [0.717, 1.165) is 23.1 Å². The van der Waals surface area contributed by atoms with E-state index < -0.39 is 0 Å². The van der Waals surface area contributed by atoms with Crippen molar-refractivity contribution >= 4 is 0 Å². The van der Waals surface area contributed by atoms with Gasteiger partial charge in [0.15, 0.2) is 0 Å². The molecule has 1 aromatic heterocycles. The Labute approximate surface area is 125 Å². The lowest BCUT2D eigenvalue weighted by atomic mass is 9.96. The zero-order chi connectivity index (χ0) is 15.2. The molecular formula is C17H21FN2O. The highest BCUT2D eigenvalue weighted by Gasteiger charge is 2.12. The first kappa shape index (κ1) is 15.4. The third-order valence-corrected chi connectivity index (χ3v) is 3.41. The molecule has 0 radical (unpaired) electrons. The van der Waals surface area contributed by atoms with E-state index >= 15 is 0 Å². The SMILES string of the molecule is CCCOc1cncc(-c2cc(F)ccc2C(C)NC)c1. The number of halogens is 1. The molecule has 3 nitrogen and oxygen atoms in total. The fourth-order valence-corrected chi connectivity index (χ4v) is 2.18. The van der Waals surface area contributed by atoms with Crippen LogP contribution in [0.15, 0.2) is 36.7 Å². The van der Waals surface area contributed by atoms with E-state index in [4.69, 9.17) is 4.74 Å². The molecular weight excluding hydrogens is 267 g/mol. The summed E-state index contributed by atoms with van der Waals surface area (Å²) in [5.74, 6) is 0.457. The normalized spacial score (nSPS) is 12.2. The van der Waals surface area contributed by atoms with Gasteiger partial charge in [0.1, 0.15) is 11.6 Å². The third kappa shape index (κ3) is 3.79. The summed E-state index contributed by atoms with van der Waals surface area (Å²) in [5.41, 5.74) is 2.74. The molecule has 2 aromatic rings. The third-order valence-electron chi connectivity index (χ3n) is 3.41. The van der Waals surface area contributed by atoms with Gasteiger partial charge in [0.05, 0.1) is 12.8 Å². The van der Waals surface area contributed by atoms with Gasteiger partial charge in [-0.2, -0.15) is 0 Å². The first-order valence-electron chi connectivity index (χ1n) is 7.20. The number of nitrogens with one attached hydrogen (secondary N) is 1. The predicted molar refractivity (Wildman–Crippen MR) is 82.9 cm³/mol. The highest BCUT2D eigenvalue weighted by Crippen LogP contribution is 2.30. The summed E-state index contributed by atoms with van der Waals surface area (Å²) in [5, 5.41) is 3.19. The van der Waals surface area contributed by atoms with Crippen LogP contribution in [0, 0.1) is 5.82 Å². The molecule has 2 rings (SSSR count). The number of rotatable bonds is 6. The second-order valence-corrected chi connectivity index (χ2v) is 5.00. The van der Waals surface area contributed by atoms with Gasteiger partial charge in [-0.1, -0.05) is 13.0 Å². The number of ether oxygens (including phenoxy) is 1. The van der Waals surface area contributed by atoms with Gasteiger partial charge in [-0.15, -0.1) is 0 Å². The number of benzene rings is 1. The summed E-state index contributed by atoms with van der Waals surface area (Å²) in [7, 11) is 1.89. The summed E-state index contributed by atoms with van der Waals surface area (Å²) in [6.07, 6.45) is 4.35. The molecule has 0 bridgehead atoms. The lowest BCUT2D eigenvalue weighted by Crippen LogP contribution is -2.13. The zero-order valence-corrected chi connectivity index (χ0v) is 12.7. The Morgan fingerprint density at radius 1 is 1.29 bits per heavy atom. The number of pyridine rings is 1. The van der Waals surface area contributed by atoms with E-state index in [0.29, 0.717) is 12.4 Å². The van der Waals surface area contributed by atoms with Crippen molar-refractivity contribution in [1.29, 1.82) is 0 Å². The molecule has 0 saturated carbocycles. The maximum Gasteiger partial charge on any atom is 0.138 e. The first-order chi connectivity index (χ1) is 10.2. The number of nitrogens with zero attached hydrogens (tertiary/aromatic N) is 1. The molecule has 1 N–H and O–H groups in total. The van der Waals surface area contributed by atoms with Crippen LogP contribution in [0.2, 0.25) is 0 Å². The summed E-state index contributed by atoms with van der Waals surface area (Å²) in [6.45, 7) is 4.74. The van der Waals surface area contributed by atoms with E-state index in [-0.39, 0.29) is 11.9 Å². The van der Waals surface area contributed by atoms with Crippen molar-refractivity contribution in [2.24, 2.45) is 0 Å². The van der Waals surface area contributed by atoms with Crippen LogP contribution in [0.4, 0.5) is 4.39 Å². The van der Waals surface area contributed by atoms with Gasteiger partial charge in [0.2, 0.25) is 0 Å². The molecule has 1 atom stereocenters. The van der Waals surface area contributed by atoms with Gasteiger partial charge < -0.3 is 10.1 Å². The molecule has 112 valence electrons. The largest absolute Gasteiger partial charge is 0.492 e. The second-order valence-electron chi connectivity index (χ2n) is 5.00. The van der Waals surface area contributed by atoms with Crippen LogP contribution >= 0.6 is 0 Å². The highest BCUT2D eigenvalue weighted by molar-refractivity contribution is 5.68. The average Bonchev–Trinajstić information content (AvgIpc) is 2.52. The minimum atomic E-state index is -0.253. The Kier molecular flexibility index (Phi) is 5.28. The number of aromatic nitrogens is 1. The van der Waals surface area contributed by atoms with Gasteiger partial charge >= 0.3 is 0 Å². The van der Waals surface area contributed by atoms with E-state index in [1.54, 1.807) is 18.5 Å². The minimum Gasteiger partial charge on any atom is -0.492 e. The fourth-order valence-electron chi connectivity index (χ4n) is 2.18. The van der Waals surface area contributed by atoms with E-state index in [9.17, 15) is 4.39 Å². The van der Waals surface area contributed by atoms with Crippen LogP contribution in [-0.2, 0) is 0 Å². The molecule has 0 amide bonds. The van der Waals surface area contributed by atoms with Crippen LogP contribution in [0.3, 0.4) is 0 Å². The smallest absolute Gasteiger partial charge is 0.138 e. The Bertz CT molecular complexity index is 601. The highest BCUT2D eigenvalue weighted by atomic mass is 19.1. The molecule has 21 heavy (non-hydrogen) atoms. The van der Waals surface area contributed by atoms with Crippen molar-refractivity contribution in [2.75, 3.05) is 13.7 Å². The average molecular weight is 288 g/mol. The van der Waals surface area contributed by atoms with E-state index in [2.05, 4.69) is 17.2 Å². The maximum absolute atomic E-state index is 13.6. The molecule has 1 aromatic carbocycles. The number of hydrogen-bond donors (Lipinski definition) is 1. The van der Waals surface area contributed by atoms with E-state index in [1.807, 2.05) is 26.1 Å². The molecule has 0 aliphatic carbocycles. The molecule has 0 saturated heterocycles.